The van der Waals surface area contributed by atoms with E-state index >= 15 is 0 Å². The van der Waals surface area contributed by atoms with Crippen LogP contribution in [0, 0.1) is 5.92 Å². The van der Waals surface area contributed by atoms with Crippen LogP contribution in [0.25, 0.3) is 0 Å². The van der Waals surface area contributed by atoms with Crippen LogP contribution in [0.3, 0.4) is 0 Å². The normalized spacial score (nSPS) is 11.9. The second-order valence-corrected chi connectivity index (χ2v) is 5.83. The van der Waals surface area contributed by atoms with E-state index in [-0.39, 0.29) is 24.3 Å². The number of carbonyl (C=O) groups is 2. The summed E-state index contributed by atoms with van der Waals surface area (Å²) >= 11 is 0. The zero-order valence-electron chi connectivity index (χ0n) is 13.7. The minimum atomic E-state index is -0.593. The number of nitrogens with two attached hydrogens (primary N) is 1. The first-order valence-electron chi connectivity index (χ1n) is 7.37. The van der Waals surface area contributed by atoms with E-state index in [0.717, 1.165) is 11.3 Å². The van der Waals surface area contributed by atoms with Crippen LogP contribution in [0.1, 0.15) is 19.4 Å². The Morgan fingerprint density at radius 1 is 1.23 bits per heavy atom. The van der Waals surface area contributed by atoms with Crippen molar-refractivity contribution in [3.05, 3.63) is 29.8 Å². The minimum absolute atomic E-state index is 0.0387. The fourth-order valence-electron chi connectivity index (χ4n) is 1.80. The van der Waals surface area contributed by atoms with E-state index in [9.17, 15) is 9.59 Å². The summed E-state index contributed by atoms with van der Waals surface area (Å²) in [6, 6.07) is 7.30. The number of amides is 2. The molecule has 22 heavy (non-hydrogen) atoms. The lowest BCUT2D eigenvalue weighted by molar-refractivity contribution is -0.127. The summed E-state index contributed by atoms with van der Waals surface area (Å²) in [7, 11) is 3.93. The monoisotopic (exact) mass is 306 g/mol. The van der Waals surface area contributed by atoms with Crippen LogP contribution >= 0.6 is 0 Å². The van der Waals surface area contributed by atoms with E-state index in [1.54, 1.807) is 0 Å². The lowest BCUT2D eigenvalue weighted by atomic mass is 10.1. The van der Waals surface area contributed by atoms with Gasteiger partial charge in [0.1, 0.15) is 0 Å². The summed E-state index contributed by atoms with van der Waals surface area (Å²) in [6.07, 6.45) is 0. The first-order valence-corrected chi connectivity index (χ1v) is 7.37. The number of carbonyl (C=O) groups excluding carboxylic acids is 2. The van der Waals surface area contributed by atoms with Gasteiger partial charge in [-0.2, -0.15) is 0 Å². The molecule has 0 aliphatic heterocycles. The molecular weight excluding hydrogens is 280 g/mol. The summed E-state index contributed by atoms with van der Waals surface area (Å²) in [5.74, 6) is -0.504. The van der Waals surface area contributed by atoms with E-state index in [1.807, 2.05) is 57.1 Å². The van der Waals surface area contributed by atoms with E-state index in [1.165, 1.54) is 0 Å². The van der Waals surface area contributed by atoms with Gasteiger partial charge >= 0.3 is 0 Å². The van der Waals surface area contributed by atoms with Crippen LogP contribution in [0.4, 0.5) is 5.69 Å². The zero-order chi connectivity index (χ0) is 16.7. The highest BCUT2D eigenvalue weighted by Gasteiger charge is 2.17. The molecule has 6 nitrogen and oxygen atoms in total. The quantitative estimate of drug-likeness (QED) is 0.683. The fourth-order valence-corrected chi connectivity index (χ4v) is 1.80. The first-order chi connectivity index (χ1) is 10.3. The van der Waals surface area contributed by atoms with Crippen molar-refractivity contribution in [2.75, 3.05) is 25.5 Å². The zero-order valence-corrected chi connectivity index (χ0v) is 13.7. The lowest BCUT2D eigenvalue weighted by Crippen LogP contribution is -2.47. The Bertz CT molecular complexity index is 515. The van der Waals surface area contributed by atoms with Gasteiger partial charge in [-0.15, -0.1) is 0 Å². The predicted molar refractivity (Wildman–Crippen MR) is 88.4 cm³/mol. The van der Waals surface area contributed by atoms with Gasteiger partial charge in [0.05, 0.1) is 12.6 Å². The standard InChI is InChI=1S/C16H26N4O2/c1-11(2)15(17)16(22)19-10-14(21)18-9-12-6-5-7-13(8-12)20(3)4/h5-8,11,15H,9-10,17H2,1-4H3,(H,18,21)(H,19,22)/t15-/m0/s1. The maximum absolute atomic E-state index is 11.8. The molecule has 0 aliphatic rings. The smallest absolute Gasteiger partial charge is 0.239 e. The Morgan fingerprint density at radius 3 is 2.50 bits per heavy atom. The number of rotatable bonds is 7. The summed E-state index contributed by atoms with van der Waals surface area (Å²) < 4.78 is 0. The molecule has 0 unspecified atom stereocenters. The molecule has 2 amide bonds. The van der Waals surface area contributed by atoms with Crippen LogP contribution in [0.15, 0.2) is 24.3 Å². The van der Waals surface area contributed by atoms with Gasteiger partial charge in [-0.1, -0.05) is 26.0 Å². The van der Waals surface area contributed by atoms with Gasteiger partial charge in [0.15, 0.2) is 0 Å². The van der Waals surface area contributed by atoms with Crippen molar-refractivity contribution < 1.29 is 9.59 Å². The molecule has 0 aromatic heterocycles. The fraction of sp³-hybridized carbons (Fsp3) is 0.500. The Hall–Kier alpha value is -2.08. The number of nitrogens with zero attached hydrogens (tertiary/aromatic N) is 1. The maximum Gasteiger partial charge on any atom is 0.239 e. The van der Waals surface area contributed by atoms with Gasteiger partial charge in [0, 0.05) is 26.3 Å². The summed E-state index contributed by atoms with van der Waals surface area (Å²) in [5, 5.41) is 5.32. The maximum atomic E-state index is 11.8. The summed E-state index contributed by atoms with van der Waals surface area (Å²) in [5.41, 5.74) is 7.78. The third kappa shape index (κ3) is 5.73. The van der Waals surface area contributed by atoms with Crippen LogP contribution in [0.5, 0.6) is 0 Å². The molecule has 0 radical (unpaired) electrons. The highest BCUT2D eigenvalue weighted by Crippen LogP contribution is 2.12. The van der Waals surface area contributed by atoms with E-state index in [4.69, 9.17) is 5.73 Å². The van der Waals surface area contributed by atoms with Gasteiger partial charge in [0.2, 0.25) is 11.8 Å². The number of anilines is 1. The molecule has 0 fully saturated rings. The highest BCUT2D eigenvalue weighted by atomic mass is 16.2. The second-order valence-electron chi connectivity index (χ2n) is 5.83. The van der Waals surface area contributed by atoms with E-state index in [2.05, 4.69) is 10.6 Å². The molecule has 0 spiro atoms. The predicted octanol–water partition coefficient (Wildman–Crippen LogP) is 0.468. The van der Waals surface area contributed by atoms with Gasteiger partial charge < -0.3 is 21.3 Å². The SMILES string of the molecule is CC(C)[C@H](N)C(=O)NCC(=O)NCc1cccc(N(C)C)c1. The number of benzene rings is 1. The molecule has 1 atom stereocenters. The van der Waals surface area contributed by atoms with E-state index in [0.29, 0.717) is 6.54 Å². The third-order valence-corrected chi connectivity index (χ3v) is 3.36. The molecule has 0 saturated heterocycles. The minimum Gasteiger partial charge on any atom is -0.378 e. The van der Waals surface area contributed by atoms with Crippen LogP contribution < -0.4 is 21.3 Å². The Labute approximate surface area is 132 Å². The van der Waals surface area contributed by atoms with Crippen LogP contribution in [0.2, 0.25) is 0 Å². The molecule has 1 aromatic rings. The van der Waals surface area contributed by atoms with Crippen molar-refractivity contribution in [3.63, 3.8) is 0 Å². The summed E-state index contributed by atoms with van der Waals surface area (Å²) in [4.78, 5) is 25.4. The van der Waals surface area contributed by atoms with Gasteiger partial charge in [-0.05, 0) is 23.6 Å². The average Bonchev–Trinajstić information content (AvgIpc) is 2.49. The van der Waals surface area contributed by atoms with E-state index < -0.39 is 6.04 Å². The largest absolute Gasteiger partial charge is 0.378 e. The number of hydrogen-bond acceptors (Lipinski definition) is 4. The van der Waals surface area contributed by atoms with Gasteiger partial charge in [0.25, 0.3) is 0 Å². The Balaban J connectivity index is 2.40. The van der Waals surface area contributed by atoms with Crippen molar-refractivity contribution in [2.45, 2.75) is 26.4 Å². The van der Waals surface area contributed by atoms with Gasteiger partial charge in [-0.3, -0.25) is 9.59 Å². The molecule has 0 bridgehead atoms. The molecule has 0 aliphatic carbocycles. The molecule has 4 N–H and O–H groups in total. The van der Waals surface area contributed by atoms with Crippen LogP contribution in [-0.2, 0) is 16.1 Å². The molecule has 0 saturated carbocycles. The average molecular weight is 306 g/mol. The molecule has 1 rings (SSSR count). The first kappa shape index (κ1) is 18.0. The van der Waals surface area contributed by atoms with Crippen molar-refractivity contribution in [2.24, 2.45) is 11.7 Å². The molecule has 122 valence electrons. The lowest BCUT2D eigenvalue weighted by Gasteiger charge is -2.15. The Kier molecular flexibility index (Phi) is 6.85. The second kappa shape index (κ2) is 8.38. The molecule has 6 heteroatoms. The number of nitrogens with one attached hydrogen (secondary N) is 2. The summed E-state index contributed by atoms with van der Waals surface area (Å²) in [6.45, 7) is 4.09. The molecular formula is C16H26N4O2. The third-order valence-electron chi connectivity index (χ3n) is 3.36. The topological polar surface area (TPSA) is 87.5 Å². The Morgan fingerprint density at radius 2 is 1.91 bits per heavy atom. The van der Waals surface area contributed by atoms with Gasteiger partial charge in [-0.25, -0.2) is 0 Å². The molecule has 1 aromatic carbocycles. The van der Waals surface area contributed by atoms with Crippen molar-refractivity contribution in [1.29, 1.82) is 0 Å². The highest BCUT2D eigenvalue weighted by molar-refractivity contribution is 5.87. The molecule has 0 heterocycles. The van der Waals surface area contributed by atoms with Crippen molar-refractivity contribution in [1.82, 2.24) is 10.6 Å². The number of hydrogen-bond donors (Lipinski definition) is 3. The van der Waals surface area contributed by atoms with Crippen molar-refractivity contribution >= 4 is 17.5 Å². The van der Waals surface area contributed by atoms with Crippen LogP contribution in [-0.4, -0.2) is 38.5 Å². The van der Waals surface area contributed by atoms with Crippen molar-refractivity contribution in [3.8, 4) is 0 Å².